The van der Waals surface area contributed by atoms with E-state index >= 15 is 0 Å². The molecule has 0 unspecified atom stereocenters. The second-order valence-corrected chi connectivity index (χ2v) is 9.55. The van der Waals surface area contributed by atoms with E-state index in [0.717, 1.165) is 24.7 Å². The number of halogens is 1. The van der Waals surface area contributed by atoms with Crippen LogP contribution in [0.3, 0.4) is 0 Å². The minimum absolute atomic E-state index is 0. The Morgan fingerprint density at radius 2 is 2.12 bits per heavy atom. The van der Waals surface area contributed by atoms with Crippen molar-refractivity contribution in [1.82, 2.24) is 10.2 Å². The Balaban J connectivity index is 0.00000338. The van der Waals surface area contributed by atoms with Gasteiger partial charge in [0.1, 0.15) is 5.75 Å². The third kappa shape index (κ3) is 5.73. The summed E-state index contributed by atoms with van der Waals surface area (Å²) in [6.45, 7) is 7.84. The molecule has 6 nitrogen and oxygen atoms in total. The molecule has 2 rings (SSSR count). The summed E-state index contributed by atoms with van der Waals surface area (Å²) in [5.41, 5.74) is 1.19. The molecule has 1 saturated heterocycles. The van der Waals surface area contributed by atoms with Crippen molar-refractivity contribution in [1.29, 1.82) is 0 Å². The zero-order valence-electron chi connectivity index (χ0n) is 16.0. The van der Waals surface area contributed by atoms with Gasteiger partial charge in [-0.1, -0.05) is 12.1 Å². The van der Waals surface area contributed by atoms with Crippen LogP contribution < -0.4 is 10.1 Å². The molecule has 1 aliphatic rings. The molecule has 0 saturated carbocycles. The predicted octanol–water partition coefficient (Wildman–Crippen LogP) is 2.33. The lowest BCUT2D eigenvalue weighted by molar-refractivity contribution is 0.340. The van der Waals surface area contributed by atoms with E-state index in [1.54, 1.807) is 20.9 Å². The van der Waals surface area contributed by atoms with Crippen molar-refractivity contribution in [2.75, 3.05) is 39.0 Å². The molecule has 0 aliphatic carbocycles. The van der Waals surface area contributed by atoms with Gasteiger partial charge in [-0.25, -0.2) is 8.42 Å². The number of nitrogens with zero attached hydrogens (tertiary/aromatic N) is 2. The molecule has 1 heterocycles. The molecule has 1 aromatic carbocycles. The minimum atomic E-state index is -3.05. The standard InChI is InChI=1S/C18H29N3O3S.HI/c1-5-24-16-8-6-7-15(13-16)9-10-20-17(19-4)21-11-12-25(22,23)18(2,3)14-21;/h6-8,13H,5,9-12,14H2,1-4H3,(H,19,20);1H. The van der Waals surface area contributed by atoms with Crippen LogP contribution in [0.25, 0.3) is 0 Å². The fraction of sp³-hybridized carbons (Fsp3) is 0.611. The Labute approximate surface area is 174 Å². The molecule has 0 spiro atoms. The summed E-state index contributed by atoms with van der Waals surface area (Å²) in [6, 6.07) is 8.07. The molecule has 1 aliphatic heterocycles. The number of benzene rings is 1. The zero-order chi connectivity index (χ0) is 18.5. The van der Waals surface area contributed by atoms with Crippen molar-refractivity contribution >= 4 is 39.8 Å². The van der Waals surface area contributed by atoms with Gasteiger partial charge in [-0.15, -0.1) is 24.0 Å². The first-order valence-corrected chi connectivity index (χ1v) is 10.3. The van der Waals surface area contributed by atoms with Gasteiger partial charge in [0.2, 0.25) is 0 Å². The van der Waals surface area contributed by atoms with E-state index in [2.05, 4.69) is 16.4 Å². The van der Waals surface area contributed by atoms with Crippen molar-refractivity contribution in [3.05, 3.63) is 29.8 Å². The first kappa shape index (κ1) is 23.0. The van der Waals surface area contributed by atoms with Crippen LogP contribution >= 0.6 is 24.0 Å². The average Bonchev–Trinajstić information content (AvgIpc) is 2.55. The molecule has 1 fully saturated rings. The highest BCUT2D eigenvalue weighted by molar-refractivity contribution is 14.0. The topological polar surface area (TPSA) is 71.0 Å². The predicted molar refractivity (Wildman–Crippen MR) is 118 cm³/mol. The van der Waals surface area contributed by atoms with Crippen LogP contribution in [-0.4, -0.2) is 63.1 Å². The van der Waals surface area contributed by atoms with Gasteiger partial charge in [-0.3, -0.25) is 4.99 Å². The van der Waals surface area contributed by atoms with Gasteiger partial charge in [0.25, 0.3) is 0 Å². The van der Waals surface area contributed by atoms with Gasteiger partial charge >= 0.3 is 0 Å². The third-order valence-corrected chi connectivity index (χ3v) is 6.99. The lowest BCUT2D eigenvalue weighted by Crippen LogP contribution is -2.57. The maximum absolute atomic E-state index is 12.1. The molecular formula is C18H30IN3O3S. The molecule has 1 N–H and O–H groups in total. The molecule has 8 heteroatoms. The van der Waals surface area contributed by atoms with Crippen molar-refractivity contribution in [2.45, 2.75) is 31.9 Å². The van der Waals surface area contributed by atoms with Crippen LogP contribution in [0.4, 0.5) is 0 Å². The Hall–Kier alpha value is -1.03. The summed E-state index contributed by atoms with van der Waals surface area (Å²) in [5.74, 6) is 1.80. The molecule has 148 valence electrons. The van der Waals surface area contributed by atoms with E-state index in [0.29, 0.717) is 19.7 Å². The second kappa shape index (κ2) is 9.77. The SMILES string of the molecule is CCOc1cccc(CCNC(=NC)N2CCS(=O)(=O)C(C)(C)C2)c1.I. The molecule has 0 bridgehead atoms. The van der Waals surface area contributed by atoms with Crippen molar-refractivity contribution in [3.63, 3.8) is 0 Å². The molecular weight excluding hydrogens is 465 g/mol. The summed E-state index contributed by atoms with van der Waals surface area (Å²) in [7, 11) is -1.32. The van der Waals surface area contributed by atoms with Crippen molar-refractivity contribution < 1.29 is 13.2 Å². The van der Waals surface area contributed by atoms with Crippen molar-refractivity contribution in [2.24, 2.45) is 4.99 Å². The molecule has 0 aromatic heterocycles. The Bertz CT molecular complexity index is 720. The maximum atomic E-state index is 12.1. The van der Waals surface area contributed by atoms with Crippen LogP contribution in [-0.2, 0) is 16.3 Å². The number of hydrogen-bond donors (Lipinski definition) is 1. The third-order valence-electron chi connectivity index (χ3n) is 4.46. The molecule has 26 heavy (non-hydrogen) atoms. The first-order chi connectivity index (χ1) is 11.8. The fourth-order valence-corrected chi connectivity index (χ4v) is 4.30. The normalized spacial score (nSPS) is 18.8. The summed E-state index contributed by atoms with van der Waals surface area (Å²) in [4.78, 5) is 6.34. The quantitative estimate of drug-likeness (QED) is 0.386. The highest BCUT2D eigenvalue weighted by atomic mass is 127. The monoisotopic (exact) mass is 495 g/mol. The van der Waals surface area contributed by atoms with Crippen LogP contribution in [0, 0.1) is 0 Å². The Morgan fingerprint density at radius 3 is 2.73 bits per heavy atom. The molecule has 0 amide bonds. The van der Waals surface area contributed by atoms with E-state index in [9.17, 15) is 8.42 Å². The summed E-state index contributed by atoms with van der Waals surface area (Å²) in [5, 5.41) is 3.34. The molecule has 0 radical (unpaired) electrons. The van der Waals surface area contributed by atoms with Crippen LogP contribution in [0.2, 0.25) is 0 Å². The average molecular weight is 495 g/mol. The van der Waals surface area contributed by atoms with Gasteiger partial charge in [0.15, 0.2) is 15.8 Å². The lowest BCUT2D eigenvalue weighted by atomic mass is 10.1. The highest BCUT2D eigenvalue weighted by Crippen LogP contribution is 2.23. The fourth-order valence-electron chi connectivity index (χ4n) is 2.93. The van der Waals surface area contributed by atoms with Gasteiger partial charge in [-0.05, 0) is 44.9 Å². The van der Waals surface area contributed by atoms with E-state index < -0.39 is 14.6 Å². The smallest absolute Gasteiger partial charge is 0.193 e. The summed E-state index contributed by atoms with van der Waals surface area (Å²) >= 11 is 0. The number of nitrogens with one attached hydrogen (secondary N) is 1. The minimum Gasteiger partial charge on any atom is -0.494 e. The van der Waals surface area contributed by atoms with E-state index in [4.69, 9.17) is 4.74 Å². The van der Waals surface area contributed by atoms with Crippen LogP contribution in [0.15, 0.2) is 29.3 Å². The second-order valence-electron chi connectivity index (χ2n) is 6.80. The number of rotatable bonds is 5. The van der Waals surface area contributed by atoms with Gasteiger partial charge in [0.05, 0.1) is 17.1 Å². The number of guanidine groups is 1. The molecule has 0 atom stereocenters. The summed E-state index contributed by atoms with van der Waals surface area (Å²) < 4.78 is 29.1. The number of hydrogen-bond acceptors (Lipinski definition) is 4. The molecule has 1 aromatic rings. The van der Waals surface area contributed by atoms with Gasteiger partial charge in [0, 0.05) is 26.7 Å². The Kier molecular flexibility index (Phi) is 8.65. The lowest BCUT2D eigenvalue weighted by Gasteiger charge is -2.39. The first-order valence-electron chi connectivity index (χ1n) is 8.68. The van der Waals surface area contributed by atoms with E-state index in [-0.39, 0.29) is 29.7 Å². The van der Waals surface area contributed by atoms with Gasteiger partial charge in [-0.2, -0.15) is 0 Å². The van der Waals surface area contributed by atoms with Crippen LogP contribution in [0.5, 0.6) is 5.75 Å². The summed E-state index contributed by atoms with van der Waals surface area (Å²) in [6.07, 6.45) is 0.843. The maximum Gasteiger partial charge on any atom is 0.193 e. The largest absolute Gasteiger partial charge is 0.494 e. The van der Waals surface area contributed by atoms with Gasteiger partial charge < -0.3 is 15.0 Å². The Morgan fingerprint density at radius 1 is 1.38 bits per heavy atom. The number of aliphatic imine (C=N–C) groups is 1. The van der Waals surface area contributed by atoms with Crippen molar-refractivity contribution in [3.8, 4) is 5.75 Å². The van der Waals surface area contributed by atoms with E-state index in [1.807, 2.05) is 30.0 Å². The van der Waals surface area contributed by atoms with E-state index in [1.165, 1.54) is 5.56 Å². The van der Waals surface area contributed by atoms with Crippen LogP contribution in [0.1, 0.15) is 26.3 Å². The number of ether oxygens (including phenoxy) is 1. The highest BCUT2D eigenvalue weighted by Gasteiger charge is 2.40. The zero-order valence-corrected chi connectivity index (χ0v) is 19.1. The number of sulfone groups is 1.